The Morgan fingerprint density at radius 2 is 2.19 bits per heavy atom. The molecule has 1 aromatic carbocycles. The minimum atomic E-state index is -0.383. The van der Waals surface area contributed by atoms with Crippen LogP contribution in [0.15, 0.2) is 52.8 Å². The van der Waals surface area contributed by atoms with E-state index in [4.69, 9.17) is 4.74 Å². The number of nitrogens with one attached hydrogen (secondary N) is 1. The van der Waals surface area contributed by atoms with Crippen molar-refractivity contribution < 1.29 is 13.9 Å². The highest BCUT2D eigenvalue weighted by Gasteiger charge is 2.07. The zero-order valence-corrected chi connectivity index (χ0v) is 15.5. The Morgan fingerprint density at radius 3 is 2.85 bits per heavy atom. The second-order valence-electron chi connectivity index (χ2n) is 5.89. The molecular formula is C19H18FN3O3S. The molecule has 2 heterocycles. The Kier molecular flexibility index (Phi) is 5.97. The summed E-state index contributed by atoms with van der Waals surface area (Å²) in [6, 6.07) is 9.23. The van der Waals surface area contributed by atoms with Gasteiger partial charge in [0.25, 0.3) is 0 Å². The van der Waals surface area contributed by atoms with Crippen molar-refractivity contribution in [3.63, 3.8) is 0 Å². The highest BCUT2D eigenvalue weighted by molar-refractivity contribution is 7.07. The van der Waals surface area contributed by atoms with Crippen molar-refractivity contribution in [3.8, 4) is 11.6 Å². The van der Waals surface area contributed by atoms with Gasteiger partial charge in [-0.05, 0) is 24.6 Å². The number of pyridine rings is 1. The number of benzene rings is 1. The summed E-state index contributed by atoms with van der Waals surface area (Å²) >= 11 is 1.13. The molecule has 0 unspecified atom stereocenters. The SMILES string of the molecule is Cc1csc(=O)n1CCC(=O)NCc1ccc(Oc2cccc(F)c2)nc1. The minimum Gasteiger partial charge on any atom is -0.439 e. The van der Waals surface area contributed by atoms with E-state index >= 15 is 0 Å². The van der Waals surface area contributed by atoms with Gasteiger partial charge in [-0.15, -0.1) is 0 Å². The van der Waals surface area contributed by atoms with Gasteiger partial charge in [-0.25, -0.2) is 9.37 Å². The van der Waals surface area contributed by atoms with Gasteiger partial charge in [0.1, 0.15) is 11.6 Å². The fourth-order valence-electron chi connectivity index (χ4n) is 2.40. The molecule has 0 aliphatic rings. The summed E-state index contributed by atoms with van der Waals surface area (Å²) in [4.78, 5) is 27.7. The fraction of sp³-hybridized carbons (Fsp3) is 0.211. The second kappa shape index (κ2) is 8.59. The predicted octanol–water partition coefficient (Wildman–Crippen LogP) is 3.25. The number of aromatic nitrogens is 2. The monoisotopic (exact) mass is 387 g/mol. The molecule has 0 bridgehead atoms. The molecule has 0 spiro atoms. The lowest BCUT2D eigenvalue weighted by Crippen LogP contribution is -2.26. The molecule has 1 amide bonds. The van der Waals surface area contributed by atoms with Crippen LogP contribution in [0, 0.1) is 12.7 Å². The first-order valence-electron chi connectivity index (χ1n) is 8.31. The Balaban J connectivity index is 1.48. The zero-order chi connectivity index (χ0) is 19.2. The Bertz CT molecular complexity index is 982. The van der Waals surface area contributed by atoms with Gasteiger partial charge in [-0.1, -0.05) is 23.5 Å². The first kappa shape index (κ1) is 18.8. The van der Waals surface area contributed by atoms with Gasteiger partial charge in [0, 0.05) is 48.9 Å². The lowest BCUT2D eigenvalue weighted by Gasteiger charge is -2.08. The van der Waals surface area contributed by atoms with Crippen LogP contribution in [0.25, 0.3) is 0 Å². The van der Waals surface area contributed by atoms with Gasteiger partial charge in [-0.3, -0.25) is 9.59 Å². The standard InChI is InChI=1S/C19H18FN3O3S/c1-13-12-27-19(25)23(13)8-7-17(24)21-10-14-5-6-18(22-11-14)26-16-4-2-3-15(20)9-16/h2-6,9,11-12H,7-8,10H2,1H3,(H,21,24). The first-order valence-corrected chi connectivity index (χ1v) is 9.19. The van der Waals surface area contributed by atoms with Gasteiger partial charge in [0.05, 0.1) is 0 Å². The van der Waals surface area contributed by atoms with Gasteiger partial charge < -0.3 is 14.6 Å². The number of carbonyl (C=O) groups excluding carboxylic acids is 1. The van der Waals surface area contributed by atoms with Crippen LogP contribution in [0.5, 0.6) is 11.6 Å². The van der Waals surface area contributed by atoms with Gasteiger partial charge in [0.15, 0.2) is 0 Å². The highest BCUT2D eigenvalue weighted by atomic mass is 32.1. The minimum absolute atomic E-state index is 0.0570. The molecule has 2 aromatic heterocycles. The molecule has 1 N–H and O–H groups in total. The van der Waals surface area contributed by atoms with E-state index in [2.05, 4.69) is 10.3 Å². The number of rotatable bonds is 7. The first-order chi connectivity index (χ1) is 13.0. The van der Waals surface area contributed by atoms with Crippen molar-refractivity contribution in [2.45, 2.75) is 26.4 Å². The average molecular weight is 387 g/mol. The van der Waals surface area contributed by atoms with Crippen LogP contribution in [0.4, 0.5) is 4.39 Å². The van der Waals surface area contributed by atoms with E-state index in [1.165, 1.54) is 12.1 Å². The van der Waals surface area contributed by atoms with E-state index in [-0.39, 0.29) is 23.0 Å². The third kappa shape index (κ3) is 5.24. The van der Waals surface area contributed by atoms with Crippen molar-refractivity contribution in [1.82, 2.24) is 14.9 Å². The quantitative estimate of drug-likeness (QED) is 0.675. The van der Waals surface area contributed by atoms with Crippen LogP contribution in [0.3, 0.4) is 0 Å². The van der Waals surface area contributed by atoms with Crippen LogP contribution in [-0.2, 0) is 17.9 Å². The molecule has 0 saturated heterocycles. The number of carbonyl (C=O) groups is 1. The van der Waals surface area contributed by atoms with Crippen molar-refractivity contribution >= 4 is 17.2 Å². The largest absolute Gasteiger partial charge is 0.439 e. The lowest BCUT2D eigenvalue weighted by atomic mass is 10.2. The molecule has 0 radical (unpaired) electrons. The second-order valence-corrected chi connectivity index (χ2v) is 6.71. The van der Waals surface area contributed by atoms with E-state index in [0.29, 0.717) is 24.7 Å². The Labute approximate surface area is 159 Å². The Morgan fingerprint density at radius 1 is 1.33 bits per heavy atom. The van der Waals surface area contributed by atoms with Crippen molar-refractivity contribution in [3.05, 3.63) is 74.7 Å². The molecule has 3 rings (SSSR count). The predicted molar refractivity (Wildman–Crippen MR) is 100 cm³/mol. The Hall–Kier alpha value is -3.00. The maximum Gasteiger partial charge on any atom is 0.307 e. The van der Waals surface area contributed by atoms with E-state index in [0.717, 1.165) is 22.6 Å². The molecule has 0 fully saturated rings. The number of hydrogen-bond acceptors (Lipinski definition) is 5. The molecule has 0 aliphatic heterocycles. The molecule has 27 heavy (non-hydrogen) atoms. The third-order valence-electron chi connectivity index (χ3n) is 3.84. The molecular weight excluding hydrogens is 369 g/mol. The summed E-state index contributed by atoms with van der Waals surface area (Å²) in [7, 11) is 0. The van der Waals surface area contributed by atoms with E-state index in [1.807, 2.05) is 6.92 Å². The van der Waals surface area contributed by atoms with Gasteiger partial charge >= 0.3 is 4.87 Å². The number of ether oxygens (including phenoxy) is 1. The third-order valence-corrected chi connectivity index (χ3v) is 4.73. The average Bonchev–Trinajstić information content (AvgIpc) is 2.97. The van der Waals surface area contributed by atoms with Crippen molar-refractivity contribution in [2.24, 2.45) is 0 Å². The molecule has 0 saturated carbocycles. The van der Waals surface area contributed by atoms with Crippen molar-refractivity contribution in [2.75, 3.05) is 0 Å². The number of thiazole rings is 1. The van der Waals surface area contributed by atoms with Crippen LogP contribution in [0.1, 0.15) is 17.7 Å². The van der Waals surface area contributed by atoms with E-state index < -0.39 is 0 Å². The van der Waals surface area contributed by atoms with Crippen molar-refractivity contribution in [1.29, 1.82) is 0 Å². The summed E-state index contributed by atoms with van der Waals surface area (Å²) in [6.07, 6.45) is 1.81. The summed E-state index contributed by atoms with van der Waals surface area (Å²) in [6.45, 7) is 2.52. The summed E-state index contributed by atoms with van der Waals surface area (Å²) < 4.78 is 20.2. The maximum atomic E-state index is 13.1. The van der Waals surface area contributed by atoms with Crippen LogP contribution in [0.2, 0.25) is 0 Å². The number of halogens is 1. The molecule has 6 nitrogen and oxygen atoms in total. The molecule has 8 heteroatoms. The van der Waals surface area contributed by atoms with Crippen LogP contribution < -0.4 is 14.9 Å². The van der Waals surface area contributed by atoms with E-state index in [9.17, 15) is 14.0 Å². The van der Waals surface area contributed by atoms with Crippen LogP contribution in [-0.4, -0.2) is 15.5 Å². The van der Waals surface area contributed by atoms with Gasteiger partial charge in [-0.2, -0.15) is 0 Å². The summed E-state index contributed by atoms with van der Waals surface area (Å²) in [5, 5.41) is 4.57. The fourth-order valence-corrected chi connectivity index (χ4v) is 3.17. The normalized spacial score (nSPS) is 10.6. The highest BCUT2D eigenvalue weighted by Crippen LogP contribution is 2.19. The molecule has 0 atom stereocenters. The van der Waals surface area contributed by atoms with Gasteiger partial charge in [0.2, 0.25) is 11.8 Å². The lowest BCUT2D eigenvalue weighted by molar-refractivity contribution is -0.121. The number of hydrogen-bond donors (Lipinski definition) is 1. The molecule has 0 aliphatic carbocycles. The topological polar surface area (TPSA) is 73.2 Å². The zero-order valence-electron chi connectivity index (χ0n) is 14.6. The summed E-state index contributed by atoms with van der Waals surface area (Å²) in [5.74, 6) is 0.171. The number of aryl methyl sites for hydroxylation is 1. The smallest absolute Gasteiger partial charge is 0.307 e. The van der Waals surface area contributed by atoms with E-state index in [1.54, 1.807) is 40.4 Å². The maximum absolute atomic E-state index is 13.1. The number of amides is 1. The molecule has 140 valence electrons. The van der Waals surface area contributed by atoms with Crippen LogP contribution >= 0.6 is 11.3 Å². The summed E-state index contributed by atoms with van der Waals surface area (Å²) in [5.41, 5.74) is 1.66. The number of nitrogens with zero attached hydrogens (tertiary/aromatic N) is 2. The molecule has 3 aromatic rings.